The second-order valence-corrected chi connectivity index (χ2v) is 4.39. The number of halogens is 1. The highest BCUT2D eigenvalue weighted by Crippen LogP contribution is 2.25. The van der Waals surface area contributed by atoms with Crippen LogP contribution in [0.25, 0.3) is 10.9 Å². The van der Waals surface area contributed by atoms with E-state index in [0.717, 1.165) is 0 Å². The molecule has 0 bridgehead atoms. The molecule has 1 heterocycles. The van der Waals surface area contributed by atoms with Crippen molar-refractivity contribution in [2.45, 2.75) is 11.4 Å². The quantitative estimate of drug-likeness (QED) is 0.868. The molecule has 0 aliphatic heterocycles. The average Bonchev–Trinajstić information content (AvgIpc) is 2.33. The van der Waals surface area contributed by atoms with Crippen molar-refractivity contribution in [3.05, 3.63) is 33.8 Å². The SMILES string of the molecule is COCCn1cnc2ccc(S)c(Cl)c2c1=O. The van der Waals surface area contributed by atoms with Crippen LogP contribution in [0.1, 0.15) is 0 Å². The third-order valence-corrected chi connectivity index (χ3v) is 3.34. The number of hydrogen-bond acceptors (Lipinski definition) is 4. The molecule has 0 aliphatic carbocycles. The summed E-state index contributed by atoms with van der Waals surface area (Å²) in [5.74, 6) is 0. The molecule has 0 atom stereocenters. The van der Waals surface area contributed by atoms with Gasteiger partial charge in [0.15, 0.2) is 0 Å². The highest BCUT2D eigenvalue weighted by molar-refractivity contribution is 7.80. The fourth-order valence-electron chi connectivity index (χ4n) is 1.54. The molecule has 0 aliphatic rings. The Morgan fingerprint density at radius 1 is 1.53 bits per heavy atom. The van der Waals surface area contributed by atoms with E-state index in [1.807, 2.05) is 0 Å². The van der Waals surface area contributed by atoms with Gasteiger partial charge in [0.05, 0.1) is 35.4 Å². The Labute approximate surface area is 109 Å². The van der Waals surface area contributed by atoms with Gasteiger partial charge in [0.25, 0.3) is 5.56 Å². The molecule has 1 aromatic carbocycles. The van der Waals surface area contributed by atoms with E-state index >= 15 is 0 Å². The molecule has 2 rings (SSSR count). The predicted molar refractivity (Wildman–Crippen MR) is 70.1 cm³/mol. The van der Waals surface area contributed by atoms with E-state index in [4.69, 9.17) is 16.3 Å². The molecule has 17 heavy (non-hydrogen) atoms. The summed E-state index contributed by atoms with van der Waals surface area (Å²) in [5, 5.41) is 0.743. The number of nitrogens with zero attached hydrogens (tertiary/aromatic N) is 2. The maximum atomic E-state index is 12.2. The van der Waals surface area contributed by atoms with Crippen molar-refractivity contribution in [2.75, 3.05) is 13.7 Å². The molecule has 4 nitrogen and oxygen atoms in total. The van der Waals surface area contributed by atoms with Crippen LogP contribution >= 0.6 is 24.2 Å². The van der Waals surface area contributed by atoms with Crippen molar-refractivity contribution < 1.29 is 4.74 Å². The molecule has 0 amide bonds. The van der Waals surface area contributed by atoms with Crippen molar-refractivity contribution >= 4 is 35.1 Å². The average molecular weight is 271 g/mol. The minimum absolute atomic E-state index is 0.173. The van der Waals surface area contributed by atoms with E-state index in [2.05, 4.69) is 17.6 Å². The van der Waals surface area contributed by atoms with Crippen LogP contribution in [0, 0.1) is 0 Å². The van der Waals surface area contributed by atoms with Crippen LogP contribution in [-0.2, 0) is 11.3 Å². The number of fused-ring (bicyclic) bond motifs is 1. The van der Waals surface area contributed by atoms with Gasteiger partial charge in [-0.25, -0.2) is 4.98 Å². The molecule has 6 heteroatoms. The molecule has 0 spiro atoms. The van der Waals surface area contributed by atoms with Crippen LogP contribution in [0.5, 0.6) is 0 Å². The number of methoxy groups -OCH3 is 1. The van der Waals surface area contributed by atoms with Crippen LogP contribution in [0.15, 0.2) is 28.2 Å². The molecule has 0 saturated heterocycles. The lowest BCUT2D eigenvalue weighted by atomic mass is 10.2. The minimum Gasteiger partial charge on any atom is -0.383 e. The fourth-order valence-corrected chi connectivity index (χ4v) is 1.97. The smallest absolute Gasteiger partial charge is 0.262 e. The van der Waals surface area contributed by atoms with Crippen molar-refractivity contribution in [3.63, 3.8) is 0 Å². The van der Waals surface area contributed by atoms with Crippen LogP contribution in [0.2, 0.25) is 5.02 Å². The van der Waals surface area contributed by atoms with Crippen LogP contribution in [0.4, 0.5) is 0 Å². The first-order valence-corrected chi connectivity index (χ1v) is 5.83. The first kappa shape index (κ1) is 12.4. The third kappa shape index (κ3) is 2.31. The maximum Gasteiger partial charge on any atom is 0.262 e. The van der Waals surface area contributed by atoms with E-state index in [1.165, 1.54) is 10.9 Å². The highest BCUT2D eigenvalue weighted by Gasteiger charge is 2.10. The Bertz CT molecular complexity index is 612. The zero-order valence-corrected chi connectivity index (χ0v) is 10.8. The summed E-state index contributed by atoms with van der Waals surface area (Å²) < 4.78 is 6.41. The first-order valence-electron chi connectivity index (χ1n) is 5.00. The van der Waals surface area contributed by atoms with E-state index in [0.29, 0.717) is 34.0 Å². The van der Waals surface area contributed by atoms with Crippen LogP contribution < -0.4 is 5.56 Å². The molecule has 0 unspecified atom stereocenters. The van der Waals surface area contributed by atoms with E-state index in [1.54, 1.807) is 19.2 Å². The number of benzene rings is 1. The summed E-state index contributed by atoms with van der Waals surface area (Å²) >= 11 is 10.3. The van der Waals surface area contributed by atoms with Crippen molar-refractivity contribution in [2.24, 2.45) is 0 Å². The number of hydrogen-bond donors (Lipinski definition) is 1. The zero-order valence-electron chi connectivity index (χ0n) is 9.18. The van der Waals surface area contributed by atoms with Crippen molar-refractivity contribution in [1.29, 1.82) is 0 Å². The van der Waals surface area contributed by atoms with Crippen molar-refractivity contribution in [1.82, 2.24) is 9.55 Å². The van der Waals surface area contributed by atoms with Crippen LogP contribution in [0.3, 0.4) is 0 Å². The van der Waals surface area contributed by atoms with Gasteiger partial charge in [-0.15, -0.1) is 12.6 Å². The number of rotatable bonds is 3. The van der Waals surface area contributed by atoms with Crippen LogP contribution in [-0.4, -0.2) is 23.3 Å². The predicted octanol–water partition coefficient (Wildman–Crippen LogP) is 1.99. The summed E-state index contributed by atoms with van der Waals surface area (Å²) in [4.78, 5) is 16.9. The van der Waals surface area contributed by atoms with E-state index in [-0.39, 0.29) is 5.56 Å². The summed E-state index contributed by atoms with van der Waals surface area (Å²) in [5.41, 5.74) is 0.402. The van der Waals surface area contributed by atoms with E-state index < -0.39 is 0 Å². The third-order valence-electron chi connectivity index (χ3n) is 2.45. The largest absolute Gasteiger partial charge is 0.383 e. The van der Waals surface area contributed by atoms with Gasteiger partial charge in [-0.3, -0.25) is 9.36 Å². The van der Waals surface area contributed by atoms with Gasteiger partial charge in [0.1, 0.15) is 0 Å². The van der Waals surface area contributed by atoms with Gasteiger partial charge in [-0.2, -0.15) is 0 Å². The lowest BCUT2D eigenvalue weighted by Gasteiger charge is -2.07. The van der Waals surface area contributed by atoms with Gasteiger partial charge >= 0.3 is 0 Å². The van der Waals surface area contributed by atoms with Gasteiger partial charge in [-0.05, 0) is 12.1 Å². The van der Waals surface area contributed by atoms with Gasteiger partial charge < -0.3 is 4.74 Å². The zero-order chi connectivity index (χ0) is 12.4. The second-order valence-electron chi connectivity index (χ2n) is 3.53. The second kappa shape index (κ2) is 5.08. The van der Waals surface area contributed by atoms with E-state index in [9.17, 15) is 4.79 Å². The molecule has 2 aromatic rings. The lowest BCUT2D eigenvalue weighted by Crippen LogP contribution is -2.22. The topological polar surface area (TPSA) is 44.1 Å². The number of thiol groups is 1. The highest BCUT2D eigenvalue weighted by atomic mass is 35.5. The lowest BCUT2D eigenvalue weighted by molar-refractivity contribution is 0.186. The molecule has 0 fully saturated rings. The molecule has 1 aromatic heterocycles. The van der Waals surface area contributed by atoms with Crippen molar-refractivity contribution in [3.8, 4) is 0 Å². The molecular weight excluding hydrogens is 260 g/mol. The summed E-state index contributed by atoms with van der Waals surface area (Å²) in [6.45, 7) is 0.899. The fraction of sp³-hybridized carbons (Fsp3) is 0.273. The molecule has 0 radical (unpaired) electrons. The van der Waals surface area contributed by atoms with Gasteiger partial charge in [0.2, 0.25) is 0 Å². The Morgan fingerprint density at radius 3 is 3.00 bits per heavy atom. The molecule has 0 N–H and O–H groups in total. The standard InChI is InChI=1S/C11H11ClN2O2S/c1-16-5-4-14-6-13-7-2-3-8(17)10(12)9(7)11(14)15/h2-3,6,17H,4-5H2,1H3. The maximum absolute atomic E-state index is 12.2. The van der Waals surface area contributed by atoms with Gasteiger partial charge in [-0.1, -0.05) is 11.6 Å². The Morgan fingerprint density at radius 2 is 2.29 bits per heavy atom. The Kier molecular flexibility index (Phi) is 3.71. The first-order chi connectivity index (χ1) is 8.15. The molecule has 90 valence electrons. The monoisotopic (exact) mass is 270 g/mol. The molecule has 0 saturated carbocycles. The Balaban J connectivity index is 2.65. The van der Waals surface area contributed by atoms with Gasteiger partial charge in [0, 0.05) is 12.0 Å². The summed E-state index contributed by atoms with van der Waals surface area (Å²) in [7, 11) is 1.58. The number of ether oxygens (including phenoxy) is 1. The number of aromatic nitrogens is 2. The summed E-state index contributed by atoms with van der Waals surface area (Å²) in [6, 6.07) is 3.45. The summed E-state index contributed by atoms with van der Waals surface area (Å²) in [6.07, 6.45) is 1.50. The normalized spacial score (nSPS) is 11.0. The Hall–Kier alpha value is -1.04. The molecular formula is C11H11ClN2O2S. The minimum atomic E-state index is -0.173.